The summed E-state index contributed by atoms with van der Waals surface area (Å²) in [6.07, 6.45) is 1.42. The van der Waals surface area contributed by atoms with Crippen molar-refractivity contribution in [2.75, 3.05) is 0 Å². The second kappa shape index (κ2) is 6.66. The Hall–Kier alpha value is -2.70. The number of aliphatic imine (C=N–C) groups is 1. The lowest BCUT2D eigenvalue weighted by molar-refractivity contribution is -0.385. The predicted octanol–water partition coefficient (Wildman–Crippen LogP) is 4.55. The highest BCUT2D eigenvalue weighted by Crippen LogP contribution is 2.30. The van der Waals surface area contributed by atoms with E-state index in [0.717, 1.165) is 5.56 Å². The molecular formula is C17H10Cl2N2O4. The maximum absolute atomic E-state index is 12.1. The van der Waals surface area contributed by atoms with Crippen LogP contribution in [0.25, 0.3) is 6.08 Å². The predicted molar refractivity (Wildman–Crippen MR) is 94.9 cm³/mol. The Bertz CT molecular complexity index is 967. The number of carbonyl (C=O) groups excluding carboxylic acids is 1. The Kier molecular flexibility index (Phi) is 4.57. The molecule has 6 nitrogen and oxygen atoms in total. The van der Waals surface area contributed by atoms with Crippen LogP contribution in [0, 0.1) is 17.0 Å². The van der Waals surface area contributed by atoms with Crippen molar-refractivity contribution >= 4 is 46.8 Å². The number of nitrogens with zero attached hydrogens (tertiary/aromatic N) is 2. The van der Waals surface area contributed by atoms with E-state index in [1.165, 1.54) is 12.1 Å². The summed E-state index contributed by atoms with van der Waals surface area (Å²) >= 11 is 12.0. The maximum atomic E-state index is 12.1. The van der Waals surface area contributed by atoms with Crippen LogP contribution in [0.1, 0.15) is 16.7 Å². The normalized spacial score (nSPS) is 15.2. The standard InChI is InChI=1S/C17H10Cl2N2O4/c1-9-5-6-14(21(23)24)11(7-9)16-20-13(17(22)25-16)8-10-3-2-4-12(18)15(10)19/h2-8H,1H3/b13-8-. The first-order chi connectivity index (χ1) is 11.9. The van der Waals surface area contributed by atoms with E-state index in [2.05, 4.69) is 4.99 Å². The molecule has 0 unspecified atom stereocenters. The molecule has 2 aromatic rings. The fourth-order valence-electron chi connectivity index (χ4n) is 2.28. The van der Waals surface area contributed by atoms with Gasteiger partial charge in [-0.1, -0.05) is 41.4 Å². The molecule has 0 fully saturated rings. The first kappa shape index (κ1) is 17.1. The molecule has 1 aliphatic rings. The van der Waals surface area contributed by atoms with Crippen molar-refractivity contribution in [2.24, 2.45) is 4.99 Å². The van der Waals surface area contributed by atoms with Crippen molar-refractivity contribution in [3.8, 4) is 0 Å². The van der Waals surface area contributed by atoms with Crippen molar-refractivity contribution < 1.29 is 14.5 Å². The topological polar surface area (TPSA) is 81.8 Å². The fraction of sp³-hybridized carbons (Fsp3) is 0.0588. The molecule has 1 aliphatic heterocycles. The smallest absolute Gasteiger partial charge is 0.363 e. The number of carbonyl (C=O) groups is 1. The van der Waals surface area contributed by atoms with Crippen molar-refractivity contribution in [2.45, 2.75) is 6.92 Å². The number of cyclic esters (lactones) is 1. The average Bonchev–Trinajstić information content (AvgIpc) is 2.92. The van der Waals surface area contributed by atoms with E-state index in [9.17, 15) is 14.9 Å². The van der Waals surface area contributed by atoms with Gasteiger partial charge in [0.05, 0.1) is 15.0 Å². The molecule has 0 spiro atoms. The molecule has 0 saturated heterocycles. The highest BCUT2D eigenvalue weighted by Gasteiger charge is 2.29. The molecule has 0 aliphatic carbocycles. The first-order valence-corrected chi connectivity index (χ1v) is 7.84. The van der Waals surface area contributed by atoms with Crippen LogP contribution in [0.15, 0.2) is 47.1 Å². The number of aryl methyl sites for hydroxylation is 1. The van der Waals surface area contributed by atoms with Crippen molar-refractivity contribution in [3.63, 3.8) is 0 Å². The Morgan fingerprint density at radius 2 is 2.00 bits per heavy atom. The van der Waals surface area contributed by atoms with Crippen LogP contribution in [0.3, 0.4) is 0 Å². The molecule has 0 N–H and O–H groups in total. The van der Waals surface area contributed by atoms with Crippen LogP contribution < -0.4 is 0 Å². The Morgan fingerprint density at radius 1 is 1.24 bits per heavy atom. The van der Waals surface area contributed by atoms with Gasteiger partial charge in [0.15, 0.2) is 5.70 Å². The number of benzene rings is 2. The van der Waals surface area contributed by atoms with Gasteiger partial charge in [-0.2, -0.15) is 0 Å². The van der Waals surface area contributed by atoms with Crippen LogP contribution in [0.4, 0.5) is 5.69 Å². The van der Waals surface area contributed by atoms with Gasteiger partial charge in [0.1, 0.15) is 5.56 Å². The molecule has 126 valence electrons. The van der Waals surface area contributed by atoms with Gasteiger partial charge in [-0.15, -0.1) is 0 Å². The molecule has 3 rings (SSSR count). The molecule has 0 saturated carbocycles. The van der Waals surface area contributed by atoms with Gasteiger partial charge < -0.3 is 4.74 Å². The van der Waals surface area contributed by atoms with Gasteiger partial charge in [-0.25, -0.2) is 9.79 Å². The lowest BCUT2D eigenvalue weighted by Gasteiger charge is -2.02. The van der Waals surface area contributed by atoms with Gasteiger partial charge in [-0.05, 0) is 36.3 Å². The molecule has 2 aromatic carbocycles. The monoisotopic (exact) mass is 376 g/mol. The van der Waals surface area contributed by atoms with E-state index in [0.29, 0.717) is 10.6 Å². The van der Waals surface area contributed by atoms with Crippen LogP contribution in [0.2, 0.25) is 10.0 Å². The SMILES string of the molecule is Cc1ccc([N+](=O)[O-])c(C2=N/C(=C\c3cccc(Cl)c3Cl)C(=O)O2)c1. The lowest BCUT2D eigenvalue weighted by Crippen LogP contribution is -2.08. The van der Waals surface area contributed by atoms with E-state index >= 15 is 0 Å². The van der Waals surface area contributed by atoms with Crippen LogP contribution in [-0.2, 0) is 9.53 Å². The summed E-state index contributed by atoms with van der Waals surface area (Å²) in [4.78, 5) is 26.8. The zero-order valence-corrected chi connectivity index (χ0v) is 14.3. The van der Waals surface area contributed by atoms with E-state index in [1.807, 2.05) is 0 Å². The number of nitro groups is 1. The van der Waals surface area contributed by atoms with Gasteiger partial charge in [0.25, 0.3) is 5.69 Å². The van der Waals surface area contributed by atoms with E-state index in [1.54, 1.807) is 37.3 Å². The van der Waals surface area contributed by atoms with Gasteiger partial charge in [0, 0.05) is 6.07 Å². The zero-order valence-electron chi connectivity index (χ0n) is 12.8. The molecule has 0 aromatic heterocycles. The molecule has 25 heavy (non-hydrogen) atoms. The second-order valence-electron chi connectivity index (χ2n) is 5.26. The molecular weight excluding hydrogens is 367 g/mol. The highest BCUT2D eigenvalue weighted by atomic mass is 35.5. The maximum Gasteiger partial charge on any atom is 0.363 e. The first-order valence-electron chi connectivity index (χ1n) is 7.09. The van der Waals surface area contributed by atoms with Crippen molar-refractivity contribution in [1.82, 2.24) is 0 Å². The van der Waals surface area contributed by atoms with Gasteiger partial charge in [0.2, 0.25) is 5.90 Å². The number of hydrogen-bond donors (Lipinski definition) is 0. The van der Waals surface area contributed by atoms with Gasteiger partial charge >= 0.3 is 5.97 Å². The third-order valence-electron chi connectivity index (χ3n) is 3.47. The highest BCUT2D eigenvalue weighted by molar-refractivity contribution is 6.43. The number of halogens is 2. The summed E-state index contributed by atoms with van der Waals surface area (Å²) in [5.74, 6) is -0.841. The summed E-state index contributed by atoms with van der Waals surface area (Å²) in [7, 11) is 0. The third kappa shape index (κ3) is 3.40. The minimum absolute atomic E-state index is 0.0185. The van der Waals surface area contributed by atoms with Crippen LogP contribution in [-0.4, -0.2) is 16.8 Å². The second-order valence-corrected chi connectivity index (χ2v) is 6.04. The summed E-state index contributed by atoms with van der Waals surface area (Å²) in [5, 5.41) is 11.8. The Labute approximate surface area is 152 Å². The zero-order chi connectivity index (χ0) is 18.1. The molecule has 0 bridgehead atoms. The molecule has 0 atom stereocenters. The van der Waals surface area contributed by atoms with E-state index in [4.69, 9.17) is 27.9 Å². The van der Waals surface area contributed by atoms with Crippen LogP contribution in [0.5, 0.6) is 0 Å². The Morgan fingerprint density at radius 3 is 2.72 bits per heavy atom. The minimum Gasteiger partial charge on any atom is -0.402 e. The van der Waals surface area contributed by atoms with Crippen molar-refractivity contribution in [1.29, 1.82) is 0 Å². The Balaban J connectivity index is 2.07. The van der Waals surface area contributed by atoms with Crippen LogP contribution >= 0.6 is 23.2 Å². The number of ether oxygens (including phenoxy) is 1. The minimum atomic E-state index is -0.721. The largest absolute Gasteiger partial charge is 0.402 e. The molecule has 0 amide bonds. The quantitative estimate of drug-likeness (QED) is 0.340. The summed E-state index contributed by atoms with van der Waals surface area (Å²) in [6.45, 7) is 1.77. The number of nitro benzene ring substituents is 1. The average molecular weight is 377 g/mol. The lowest BCUT2D eigenvalue weighted by atomic mass is 10.1. The van der Waals surface area contributed by atoms with E-state index < -0.39 is 10.9 Å². The molecule has 1 heterocycles. The molecule has 0 radical (unpaired) electrons. The van der Waals surface area contributed by atoms with E-state index in [-0.39, 0.29) is 27.9 Å². The number of hydrogen-bond acceptors (Lipinski definition) is 5. The summed E-state index contributed by atoms with van der Waals surface area (Å²) in [6, 6.07) is 9.44. The van der Waals surface area contributed by atoms with Gasteiger partial charge in [-0.3, -0.25) is 10.1 Å². The fourth-order valence-corrected chi connectivity index (χ4v) is 2.65. The summed E-state index contributed by atoms with van der Waals surface area (Å²) < 4.78 is 5.11. The third-order valence-corrected chi connectivity index (χ3v) is 4.31. The molecule has 8 heteroatoms. The summed E-state index contributed by atoms with van der Waals surface area (Å²) in [5.41, 5.74) is 1.19. The number of rotatable bonds is 3. The number of esters is 1. The van der Waals surface area contributed by atoms with Crippen molar-refractivity contribution in [3.05, 3.63) is 78.9 Å².